The molecule has 1 N–H and O–H groups in total. The van der Waals surface area contributed by atoms with Gasteiger partial charge in [-0.25, -0.2) is 4.98 Å². The number of nitrogens with one attached hydrogen (secondary N) is 1. The van der Waals surface area contributed by atoms with Gasteiger partial charge in [-0.15, -0.1) is 11.3 Å². The fourth-order valence-corrected chi connectivity index (χ4v) is 5.25. The Balaban J connectivity index is 1.42. The van der Waals surface area contributed by atoms with Gasteiger partial charge in [0, 0.05) is 16.9 Å². The molecule has 0 bridgehead atoms. The number of imide groups is 1. The maximum atomic E-state index is 13.6. The molecule has 1 aliphatic heterocycles. The van der Waals surface area contributed by atoms with Gasteiger partial charge in [0.2, 0.25) is 5.91 Å². The van der Waals surface area contributed by atoms with Gasteiger partial charge in [-0.05, 0) is 55.8 Å². The van der Waals surface area contributed by atoms with E-state index in [1.54, 1.807) is 24.3 Å². The third kappa shape index (κ3) is 4.88. The van der Waals surface area contributed by atoms with E-state index < -0.39 is 23.8 Å². The smallest absolute Gasteiger partial charge is 0.262 e. The number of aromatic nitrogens is 1. The Labute approximate surface area is 218 Å². The third-order valence-electron chi connectivity index (χ3n) is 6.18. The minimum absolute atomic E-state index is 0.189. The molecule has 0 aliphatic carbocycles. The molecule has 186 valence electrons. The molecule has 0 saturated heterocycles. The lowest BCUT2D eigenvalue weighted by atomic mass is 10.0. The van der Waals surface area contributed by atoms with Crippen molar-refractivity contribution in [3.05, 3.63) is 100 Å². The zero-order valence-corrected chi connectivity index (χ0v) is 21.2. The SMILES string of the molecule is CCOc1ccc(-c2nc(NC(=O)C(Cc3ccccc3)N3C(=O)c4ccccc4C3=O)sc2C)cc1. The lowest BCUT2D eigenvalue weighted by Gasteiger charge is -2.25. The molecular weight excluding hydrogens is 486 g/mol. The average Bonchev–Trinajstić information content (AvgIpc) is 3.40. The molecule has 2 heterocycles. The van der Waals surface area contributed by atoms with E-state index in [1.165, 1.54) is 11.3 Å². The van der Waals surface area contributed by atoms with E-state index >= 15 is 0 Å². The summed E-state index contributed by atoms with van der Waals surface area (Å²) >= 11 is 1.34. The van der Waals surface area contributed by atoms with E-state index in [0.717, 1.165) is 32.3 Å². The minimum atomic E-state index is -1.03. The number of thiazole rings is 1. The molecule has 4 aromatic rings. The van der Waals surface area contributed by atoms with Gasteiger partial charge in [0.1, 0.15) is 11.8 Å². The Kier molecular flexibility index (Phi) is 6.83. The highest BCUT2D eigenvalue weighted by Crippen LogP contribution is 2.32. The molecule has 8 heteroatoms. The lowest BCUT2D eigenvalue weighted by Crippen LogP contribution is -2.48. The molecular formula is C29H25N3O4S. The second-order valence-electron chi connectivity index (χ2n) is 8.60. The van der Waals surface area contributed by atoms with Crippen LogP contribution in [0.25, 0.3) is 11.3 Å². The number of aryl methyl sites for hydroxylation is 1. The van der Waals surface area contributed by atoms with Crippen LogP contribution in [0.2, 0.25) is 0 Å². The van der Waals surface area contributed by atoms with Crippen LogP contribution in [0, 0.1) is 6.92 Å². The molecule has 3 amide bonds. The van der Waals surface area contributed by atoms with Crippen LogP contribution in [0.4, 0.5) is 5.13 Å². The summed E-state index contributed by atoms with van der Waals surface area (Å²) in [6.07, 6.45) is 0.189. The normalized spacial score (nSPS) is 13.4. The van der Waals surface area contributed by atoms with Crippen molar-refractivity contribution in [3.8, 4) is 17.0 Å². The summed E-state index contributed by atoms with van der Waals surface area (Å²) < 4.78 is 5.51. The minimum Gasteiger partial charge on any atom is -0.494 e. The molecule has 0 fully saturated rings. The molecule has 1 atom stereocenters. The van der Waals surface area contributed by atoms with Crippen molar-refractivity contribution in [2.45, 2.75) is 26.3 Å². The third-order valence-corrected chi connectivity index (χ3v) is 7.06. The second-order valence-corrected chi connectivity index (χ2v) is 9.81. The summed E-state index contributed by atoms with van der Waals surface area (Å²) in [6.45, 7) is 4.45. The number of anilines is 1. The van der Waals surface area contributed by atoms with Gasteiger partial charge in [0.05, 0.1) is 23.4 Å². The fraction of sp³-hybridized carbons (Fsp3) is 0.172. The monoisotopic (exact) mass is 511 g/mol. The predicted octanol–water partition coefficient (Wildman–Crippen LogP) is 5.36. The molecule has 7 nitrogen and oxygen atoms in total. The second kappa shape index (κ2) is 10.4. The number of ether oxygens (including phenoxy) is 1. The molecule has 3 aromatic carbocycles. The summed E-state index contributed by atoms with van der Waals surface area (Å²) in [5.74, 6) is -0.633. The molecule has 1 aliphatic rings. The van der Waals surface area contributed by atoms with Crippen LogP contribution in [-0.2, 0) is 11.2 Å². The standard InChI is InChI=1S/C29H25N3O4S/c1-3-36-21-15-13-20(14-16-21)25-18(2)37-29(30-25)31-26(33)24(17-19-9-5-4-6-10-19)32-27(34)22-11-7-8-12-23(22)28(32)35/h4-16,24H,3,17H2,1-2H3,(H,30,31,33). The van der Waals surface area contributed by atoms with Crippen molar-refractivity contribution in [1.82, 2.24) is 9.88 Å². The quantitative estimate of drug-likeness (QED) is 0.322. The van der Waals surface area contributed by atoms with Gasteiger partial charge in [-0.3, -0.25) is 19.3 Å². The Morgan fingerprint density at radius 3 is 2.19 bits per heavy atom. The van der Waals surface area contributed by atoms with Crippen molar-refractivity contribution in [1.29, 1.82) is 0 Å². The summed E-state index contributed by atoms with van der Waals surface area (Å²) in [5, 5.41) is 3.27. The van der Waals surface area contributed by atoms with Crippen LogP contribution < -0.4 is 10.1 Å². The number of benzene rings is 3. The van der Waals surface area contributed by atoms with Crippen LogP contribution in [0.3, 0.4) is 0 Å². The molecule has 37 heavy (non-hydrogen) atoms. The van der Waals surface area contributed by atoms with Crippen molar-refractivity contribution < 1.29 is 19.1 Å². The van der Waals surface area contributed by atoms with Gasteiger partial charge in [-0.2, -0.15) is 0 Å². The first-order valence-corrected chi connectivity index (χ1v) is 12.8. The molecule has 0 saturated carbocycles. The van der Waals surface area contributed by atoms with E-state index in [0.29, 0.717) is 22.9 Å². The van der Waals surface area contributed by atoms with Crippen LogP contribution in [0.5, 0.6) is 5.75 Å². The van der Waals surface area contributed by atoms with E-state index in [1.807, 2.05) is 68.4 Å². The highest BCUT2D eigenvalue weighted by Gasteiger charge is 2.42. The van der Waals surface area contributed by atoms with E-state index in [-0.39, 0.29) is 6.42 Å². The molecule has 1 unspecified atom stereocenters. The number of hydrogen-bond donors (Lipinski definition) is 1. The number of amides is 3. The predicted molar refractivity (Wildman–Crippen MR) is 143 cm³/mol. The van der Waals surface area contributed by atoms with Gasteiger partial charge >= 0.3 is 0 Å². The first-order chi connectivity index (χ1) is 18.0. The Bertz CT molecular complexity index is 1430. The van der Waals surface area contributed by atoms with Gasteiger partial charge in [0.25, 0.3) is 11.8 Å². The summed E-state index contributed by atoms with van der Waals surface area (Å²) in [7, 11) is 0. The maximum absolute atomic E-state index is 13.6. The van der Waals surface area contributed by atoms with Gasteiger partial charge in [0.15, 0.2) is 5.13 Å². The Morgan fingerprint density at radius 1 is 0.946 bits per heavy atom. The van der Waals surface area contributed by atoms with Crippen LogP contribution in [-0.4, -0.2) is 40.3 Å². The number of fused-ring (bicyclic) bond motifs is 1. The van der Waals surface area contributed by atoms with Crippen LogP contribution in [0.15, 0.2) is 78.9 Å². The van der Waals surface area contributed by atoms with E-state index in [2.05, 4.69) is 10.3 Å². The fourth-order valence-electron chi connectivity index (χ4n) is 4.41. The van der Waals surface area contributed by atoms with Crippen molar-refractivity contribution in [3.63, 3.8) is 0 Å². The number of rotatable bonds is 8. The van der Waals surface area contributed by atoms with Crippen molar-refractivity contribution >= 4 is 34.2 Å². The number of carbonyl (C=O) groups is 3. The molecule has 0 radical (unpaired) electrons. The highest BCUT2D eigenvalue weighted by atomic mass is 32.1. The average molecular weight is 512 g/mol. The van der Waals surface area contributed by atoms with Crippen LogP contribution in [0.1, 0.15) is 38.1 Å². The topological polar surface area (TPSA) is 88.6 Å². The molecule has 5 rings (SSSR count). The number of carbonyl (C=O) groups excluding carboxylic acids is 3. The summed E-state index contributed by atoms with van der Waals surface area (Å²) in [5.41, 5.74) is 3.11. The summed E-state index contributed by atoms with van der Waals surface area (Å²) in [4.78, 5) is 46.7. The maximum Gasteiger partial charge on any atom is 0.262 e. The van der Waals surface area contributed by atoms with Crippen molar-refractivity contribution in [2.75, 3.05) is 11.9 Å². The largest absolute Gasteiger partial charge is 0.494 e. The molecule has 1 aromatic heterocycles. The number of hydrogen-bond acceptors (Lipinski definition) is 6. The Hall–Kier alpha value is -4.30. The first-order valence-electron chi connectivity index (χ1n) is 12.0. The first kappa shape index (κ1) is 24.4. The molecule has 0 spiro atoms. The van der Waals surface area contributed by atoms with Gasteiger partial charge < -0.3 is 10.1 Å². The van der Waals surface area contributed by atoms with E-state index in [4.69, 9.17) is 4.74 Å². The highest BCUT2D eigenvalue weighted by molar-refractivity contribution is 7.16. The zero-order valence-electron chi connectivity index (χ0n) is 20.4. The van der Waals surface area contributed by atoms with E-state index in [9.17, 15) is 14.4 Å². The Morgan fingerprint density at radius 2 is 1.57 bits per heavy atom. The van der Waals surface area contributed by atoms with Crippen molar-refractivity contribution in [2.24, 2.45) is 0 Å². The van der Waals surface area contributed by atoms with Gasteiger partial charge in [-0.1, -0.05) is 42.5 Å². The zero-order chi connectivity index (χ0) is 25.9. The summed E-state index contributed by atoms with van der Waals surface area (Å²) in [6, 6.07) is 22.6. The van der Waals surface area contributed by atoms with Crippen LogP contribution >= 0.6 is 11.3 Å². The number of nitrogens with zero attached hydrogens (tertiary/aromatic N) is 2. The lowest BCUT2D eigenvalue weighted by molar-refractivity contribution is -0.119.